The molecule has 0 saturated heterocycles. The number of nitrogens with one attached hydrogen (secondary N) is 1. The molecule has 0 amide bonds. The number of carboxylic acids is 1. The summed E-state index contributed by atoms with van der Waals surface area (Å²) in [6, 6.07) is 14.3. The summed E-state index contributed by atoms with van der Waals surface area (Å²) in [6.45, 7) is 2.04. The highest BCUT2D eigenvalue weighted by Gasteiger charge is 2.23. The second-order valence-electron chi connectivity index (χ2n) is 5.11. The molecule has 0 bridgehead atoms. The van der Waals surface area contributed by atoms with Crippen LogP contribution in [0.2, 0.25) is 0 Å². The summed E-state index contributed by atoms with van der Waals surface area (Å²) in [4.78, 5) is 27.1. The van der Waals surface area contributed by atoms with Crippen molar-refractivity contribution in [3.8, 4) is 0 Å². The van der Waals surface area contributed by atoms with Crippen molar-refractivity contribution in [1.29, 1.82) is 0 Å². The number of hydrogen-bond donors (Lipinski definition) is 2. The van der Waals surface area contributed by atoms with Gasteiger partial charge < -0.3 is 10.1 Å². The number of aryl methyl sites for hydroxylation is 1. The summed E-state index contributed by atoms with van der Waals surface area (Å²) < 4.78 is 0. The number of aromatic nitrogens is 1. The minimum absolute atomic E-state index is 0.0279. The van der Waals surface area contributed by atoms with Crippen LogP contribution < -0.4 is 0 Å². The summed E-state index contributed by atoms with van der Waals surface area (Å²) in [5, 5.41) is 10.0. The zero-order chi connectivity index (χ0) is 15.7. The molecular formula is C18H15NO3. The highest BCUT2D eigenvalue weighted by Crippen LogP contribution is 2.24. The molecule has 2 aromatic carbocycles. The van der Waals surface area contributed by atoms with E-state index < -0.39 is 5.97 Å². The lowest BCUT2D eigenvalue weighted by Gasteiger charge is -2.02. The van der Waals surface area contributed by atoms with Gasteiger partial charge in [-0.05, 0) is 18.1 Å². The molecule has 110 valence electrons. The topological polar surface area (TPSA) is 70.2 Å². The Balaban J connectivity index is 2.13. The number of ketones is 1. The third kappa shape index (κ3) is 2.29. The minimum Gasteiger partial charge on any atom is -0.478 e. The Bertz CT molecular complexity index is 860. The van der Waals surface area contributed by atoms with Crippen LogP contribution in [0.25, 0.3) is 10.9 Å². The van der Waals surface area contributed by atoms with Crippen molar-refractivity contribution in [3.63, 3.8) is 0 Å². The van der Waals surface area contributed by atoms with Crippen LogP contribution >= 0.6 is 0 Å². The van der Waals surface area contributed by atoms with Crippen LogP contribution in [0.15, 0.2) is 48.5 Å². The predicted octanol–water partition coefficient (Wildman–Crippen LogP) is 3.66. The number of hydrogen-bond acceptors (Lipinski definition) is 2. The molecule has 0 saturated carbocycles. The lowest BCUT2D eigenvalue weighted by Crippen LogP contribution is -2.08. The number of aromatic carboxylic acids is 1. The van der Waals surface area contributed by atoms with Crippen molar-refractivity contribution in [3.05, 3.63) is 70.9 Å². The molecule has 3 aromatic rings. The van der Waals surface area contributed by atoms with Gasteiger partial charge in [-0.15, -0.1) is 0 Å². The maximum absolute atomic E-state index is 12.6. The number of aromatic amines is 1. The molecule has 2 N–H and O–H groups in total. The fourth-order valence-corrected chi connectivity index (χ4v) is 2.57. The van der Waals surface area contributed by atoms with Crippen molar-refractivity contribution >= 4 is 22.7 Å². The fourth-order valence-electron chi connectivity index (χ4n) is 2.57. The lowest BCUT2D eigenvalue weighted by atomic mass is 10.0. The molecule has 3 rings (SSSR count). The number of H-pyrrole nitrogens is 1. The Morgan fingerprint density at radius 3 is 2.36 bits per heavy atom. The summed E-state index contributed by atoms with van der Waals surface area (Å²) in [7, 11) is 0. The molecule has 22 heavy (non-hydrogen) atoms. The van der Waals surface area contributed by atoms with E-state index in [1.165, 1.54) is 0 Å². The molecule has 0 radical (unpaired) electrons. The maximum Gasteiger partial charge on any atom is 0.338 e. The van der Waals surface area contributed by atoms with Gasteiger partial charge in [0.05, 0.1) is 5.56 Å². The zero-order valence-corrected chi connectivity index (χ0v) is 12.1. The molecule has 0 aliphatic heterocycles. The van der Waals surface area contributed by atoms with Gasteiger partial charge in [-0.1, -0.05) is 49.4 Å². The third-order valence-corrected chi connectivity index (χ3v) is 3.77. The molecule has 0 atom stereocenters. The Morgan fingerprint density at radius 2 is 1.73 bits per heavy atom. The first kappa shape index (κ1) is 14.1. The molecular weight excluding hydrogens is 278 g/mol. The van der Waals surface area contributed by atoms with Gasteiger partial charge in [0.2, 0.25) is 5.78 Å². The van der Waals surface area contributed by atoms with Gasteiger partial charge in [-0.25, -0.2) is 4.79 Å². The van der Waals surface area contributed by atoms with Crippen LogP contribution in [0.5, 0.6) is 0 Å². The second-order valence-corrected chi connectivity index (χ2v) is 5.11. The van der Waals surface area contributed by atoms with E-state index in [1.54, 1.807) is 36.4 Å². The second kappa shape index (κ2) is 5.48. The summed E-state index contributed by atoms with van der Waals surface area (Å²) in [5.74, 6) is -1.41. The van der Waals surface area contributed by atoms with Gasteiger partial charge in [0.1, 0.15) is 5.69 Å². The monoisotopic (exact) mass is 293 g/mol. The molecule has 0 aliphatic rings. The smallest absolute Gasteiger partial charge is 0.338 e. The molecule has 4 nitrogen and oxygen atoms in total. The summed E-state index contributed by atoms with van der Waals surface area (Å²) in [6.07, 6.45) is 0.890. The van der Waals surface area contributed by atoms with E-state index in [2.05, 4.69) is 4.98 Å². The van der Waals surface area contributed by atoms with E-state index in [0.717, 1.165) is 12.0 Å². The number of carboxylic acid groups (broad SMARTS) is 1. The SMILES string of the molecule is CCc1ccc(C(=O)c2[nH]c3ccccc3c2C(=O)O)cc1. The number of carbonyl (C=O) groups excluding carboxylic acids is 1. The standard InChI is InChI=1S/C18H15NO3/c1-2-11-7-9-12(10-8-11)17(20)16-15(18(21)22)13-5-3-4-6-14(13)19-16/h3-10,19H,2H2,1H3,(H,21,22). The van der Waals surface area contributed by atoms with Crippen LogP contribution in [0.3, 0.4) is 0 Å². The summed E-state index contributed by atoms with van der Waals surface area (Å²) in [5.41, 5.74) is 2.41. The maximum atomic E-state index is 12.6. The van der Waals surface area contributed by atoms with Crippen LogP contribution in [0.4, 0.5) is 0 Å². The Morgan fingerprint density at radius 1 is 1.05 bits per heavy atom. The highest BCUT2D eigenvalue weighted by molar-refractivity contribution is 6.18. The van der Waals surface area contributed by atoms with Gasteiger partial charge in [0, 0.05) is 16.5 Å². The zero-order valence-electron chi connectivity index (χ0n) is 12.1. The fraction of sp³-hybridized carbons (Fsp3) is 0.111. The van der Waals surface area contributed by atoms with Crippen molar-refractivity contribution in [1.82, 2.24) is 4.98 Å². The van der Waals surface area contributed by atoms with E-state index in [-0.39, 0.29) is 17.0 Å². The largest absolute Gasteiger partial charge is 0.478 e. The molecule has 1 aromatic heterocycles. The molecule has 4 heteroatoms. The molecule has 1 heterocycles. The minimum atomic E-state index is -1.11. The van der Waals surface area contributed by atoms with E-state index in [1.807, 2.05) is 19.1 Å². The molecule has 0 fully saturated rings. The highest BCUT2D eigenvalue weighted by atomic mass is 16.4. The summed E-state index contributed by atoms with van der Waals surface area (Å²) >= 11 is 0. The Labute approximate surface area is 127 Å². The van der Waals surface area contributed by atoms with E-state index in [0.29, 0.717) is 16.5 Å². The third-order valence-electron chi connectivity index (χ3n) is 3.77. The van der Waals surface area contributed by atoms with Gasteiger partial charge >= 0.3 is 5.97 Å². The van der Waals surface area contributed by atoms with Crippen molar-refractivity contribution in [2.75, 3.05) is 0 Å². The number of rotatable bonds is 4. The number of para-hydroxylation sites is 1. The number of benzene rings is 2. The number of fused-ring (bicyclic) bond motifs is 1. The van der Waals surface area contributed by atoms with Crippen LogP contribution in [-0.2, 0) is 6.42 Å². The predicted molar refractivity (Wildman–Crippen MR) is 84.5 cm³/mol. The van der Waals surface area contributed by atoms with Crippen molar-refractivity contribution in [2.24, 2.45) is 0 Å². The van der Waals surface area contributed by atoms with E-state index in [9.17, 15) is 14.7 Å². The molecule has 0 unspecified atom stereocenters. The van der Waals surface area contributed by atoms with Gasteiger partial charge in [-0.3, -0.25) is 4.79 Å². The van der Waals surface area contributed by atoms with Gasteiger partial charge in [0.25, 0.3) is 0 Å². The van der Waals surface area contributed by atoms with Crippen LogP contribution in [-0.4, -0.2) is 21.8 Å². The van der Waals surface area contributed by atoms with Gasteiger partial charge in [-0.2, -0.15) is 0 Å². The Kier molecular flexibility index (Phi) is 3.51. The first-order chi connectivity index (χ1) is 10.6. The van der Waals surface area contributed by atoms with Crippen molar-refractivity contribution in [2.45, 2.75) is 13.3 Å². The first-order valence-corrected chi connectivity index (χ1v) is 7.09. The molecule has 0 aliphatic carbocycles. The lowest BCUT2D eigenvalue weighted by molar-refractivity contribution is 0.0695. The van der Waals surface area contributed by atoms with E-state index in [4.69, 9.17) is 0 Å². The van der Waals surface area contributed by atoms with Crippen LogP contribution in [0.1, 0.15) is 38.9 Å². The quantitative estimate of drug-likeness (QED) is 0.721. The Hall–Kier alpha value is -2.88. The average molecular weight is 293 g/mol. The van der Waals surface area contributed by atoms with Crippen molar-refractivity contribution < 1.29 is 14.7 Å². The first-order valence-electron chi connectivity index (χ1n) is 7.09. The van der Waals surface area contributed by atoms with E-state index >= 15 is 0 Å². The van der Waals surface area contributed by atoms with Gasteiger partial charge in [0.15, 0.2) is 0 Å². The average Bonchev–Trinajstić information content (AvgIpc) is 2.94. The molecule has 0 spiro atoms. The normalized spacial score (nSPS) is 10.8. The number of carbonyl (C=O) groups is 2. The van der Waals surface area contributed by atoms with Crippen LogP contribution in [0, 0.1) is 0 Å².